The largest absolute Gasteiger partial charge is 0.477 e. The van der Waals surface area contributed by atoms with E-state index < -0.39 is 40.9 Å². The molecule has 0 saturated carbocycles. The van der Waals surface area contributed by atoms with E-state index in [4.69, 9.17) is 16.2 Å². The monoisotopic (exact) mass is 762 g/mol. The van der Waals surface area contributed by atoms with Gasteiger partial charge in [-0.25, -0.2) is 23.5 Å². The molecule has 1 fully saturated rings. The highest BCUT2D eigenvalue weighted by Crippen LogP contribution is 2.27. The molecule has 4 aromatic rings. The van der Waals surface area contributed by atoms with Gasteiger partial charge in [-0.1, -0.05) is 31.2 Å². The number of pyridine rings is 1. The smallest absolute Gasteiger partial charge is 0.410 e. The van der Waals surface area contributed by atoms with Gasteiger partial charge in [0.15, 0.2) is 0 Å². The molecule has 1 aliphatic rings. The zero-order valence-electron chi connectivity index (χ0n) is 31.0. The first-order valence-corrected chi connectivity index (χ1v) is 18.1. The van der Waals surface area contributed by atoms with Crippen LogP contribution in [0.5, 0.6) is 0 Å². The van der Waals surface area contributed by atoms with E-state index in [0.29, 0.717) is 67.3 Å². The van der Waals surface area contributed by atoms with Crippen LogP contribution in [-0.4, -0.2) is 86.3 Å². The molecule has 55 heavy (non-hydrogen) atoms. The van der Waals surface area contributed by atoms with Crippen molar-refractivity contribution in [2.45, 2.75) is 65.3 Å². The number of primary amides is 1. The Bertz CT molecular complexity index is 2080. The number of nitrogens with two attached hydrogens (primary N) is 2. The fraction of sp³-hybridized carbons (Fsp3) is 0.432. The number of ether oxygens (including phenoxy) is 1. The Labute approximate surface area is 316 Å². The molecule has 3 heterocycles. The third kappa shape index (κ3) is 9.94. The molecular formula is C37H47FN10O7. The standard InChI is InChI=1S/C37H47FN10O7/c1-4-45-19-26(35(51)52)33(49)25-17-27(38)32(18-31(25)45)46-12-14-47(15-13-46)37(54)55-21-23-7-9-24(10-8-23)42-34(50)30(6-5-11-41-36(40)53)48-20-29(43-44-48)28(39)16-22(2)3/h7-10,17-20,22,28,30H,4-6,11-16,21,39H2,1-3H3,(H,42,50)(H,51,52)(H3,40,41,53). The zero-order valence-corrected chi connectivity index (χ0v) is 31.0. The van der Waals surface area contributed by atoms with E-state index in [1.54, 1.807) is 52.9 Å². The minimum absolute atomic E-state index is 0.0142. The summed E-state index contributed by atoms with van der Waals surface area (Å²) in [6, 6.07) is 7.72. The highest BCUT2D eigenvalue weighted by Gasteiger charge is 2.27. The normalized spacial score (nSPS) is 14.1. The van der Waals surface area contributed by atoms with Gasteiger partial charge in [-0.15, -0.1) is 5.10 Å². The van der Waals surface area contributed by atoms with Gasteiger partial charge in [0.1, 0.15) is 24.0 Å². The van der Waals surface area contributed by atoms with Crippen molar-refractivity contribution in [1.82, 2.24) is 29.8 Å². The topological polar surface area (TPSA) is 233 Å². The summed E-state index contributed by atoms with van der Waals surface area (Å²) in [7, 11) is 0. The average Bonchev–Trinajstić information content (AvgIpc) is 3.64. The van der Waals surface area contributed by atoms with Gasteiger partial charge in [0, 0.05) is 56.5 Å². The molecule has 1 aliphatic heterocycles. The van der Waals surface area contributed by atoms with Crippen molar-refractivity contribution in [3.63, 3.8) is 0 Å². The van der Waals surface area contributed by atoms with Gasteiger partial charge in [0.25, 0.3) is 0 Å². The summed E-state index contributed by atoms with van der Waals surface area (Å²) in [5.41, 5.74) is 12.7. The van der Waals surface area contributed by atoms with Gasteiger partial charge in [-0.05, 0) is 61.9 Å². The summed E-state index contributed by atoms with van der Waals surface area (Å²) in [4.78, 5) is 65.1. The molecule has 2 aromatic carbocycles. The van der Waals surface area contributed by atoms with Crippen LogP contribution in [0.25, 0.3) is 10.9 Å². The maximum Gasteiger partial charge on any atom is 0.410 e. The molecule has 294 valence electrons. The Kier molecular flexibility index (Phi) is 13.0. The Morgan fingerprint density at radius 2 is 1.76 bits per heavy atom. The maximum atomic E-state index is 15.3. The van der Waals surface area contributed by atoms with Crippen LogP contribution < -0.4 is 32.4 Å². The number of urea groups is 1. The first kappa shape index (κ1) is 40.2. The second-order valence-corrected chi connectivity index (χ2v) is 13.8. The van der Waals surface area contributed by atoms with Crippen molar-refractivity contribution in [3.05, 3.63) is 81.7 Å². The number of amides is 4. The predicted octanol–water partition coefficient (Wildman–Crippen LogP) is 3.58. The van der Waals surface area contributed by atoms with Crippen molar-refractivity contribution >= 4 is 46.3 Å². The number of piperazine rings is 1. The molecule has 2 aromatic heterocycles. The number of carbonyl (C=O) groups is 4. The summed E-state index contributed by atoms with van der Waals surface area (Å²) in [6.45, 7) is 7.67. The van der Waals surface area contributed by atoms with E-state index in [-0.39, 0.29) is 49.3 Å². The summed E-state index contributed by atoms with van der Waals surface area (Å²) in [5, 5.41) is 23.2. The number of aromatic carboxylic acids is 1. The number of hydrogen-bond donors (Lipinski definition) is 5. The molecule has 7 N–H and O–H groups in total. The number of carboxylic acids is 1. The van der Waals surface area contributed by atoms with E-state index in [2.05, 4.69) is 34.8 Å². The molecule has 4 amide bonds. The molecule has 0 aliphatic carbocycles. The van der Waals surface area contributed by atoms with Crippen molar-refractivity contribution in [2.24, 2.45) is 17.4 Å². The molecule has 2 atom stereocenters. The molecule has 1 saturated heterocycles. The van der Waals surface area contributed by atoms with Crippen LogP contribution in [0.2, 0.25) is 0 Å². The lowest BCUT2D eigenvalue weighted by atomic mass is 10.0. The van der Waals surface area contributed by atoms with Gasteiger partial charge in [-0.3, -0.25) is 9.59 Å². The minimum Gasteiger partial charge on any atom is -0.477 e. The van der Waals surface area contributed by atoms with E-state index in [1.807, 2.05) is 0 Å². The van der Waals surface area contributed by atoms with Gasteiger partial charge in [-0.2, -0.15) is 0 Å². The molecule has 2 unspecified atom stereocenters. The van der Waals surface area contributed by atoms with E-state index in [9.17, 15) is 29.1 Å². The van der Waals surface area contributed by atoms with Crippen LogP contribution in [0.4, 0.5) is 25.4 Å². The Balaban J connectivity index is 1.16. The van der Waals surface area contributed by atoms with Gasteiger partial charge < -0.3 is 46.3 Å². The van der Waals surface area contributed by atoms with Crippen LogP contribution in [0.15, 0.2) is 53.6 Å². The number of anilines is 2. The third-order valence-electron chi connectivity index (χ3n) is 9.39. The van der Waals surface area contributed by atoms with Gasteiger partial charge in [0.2, 0.25) is 11.3 Å². The fourth-order valence-electron chi connectivity index (χ4n) is 6.46. The number of halogens is 1. The summed E-state index contributed by atoms with van der Waals surface area (Å²) < 4.78 is 23.9. The van der Waals surface area contributed by atoms with Gasteiger partial charge in [0.05, 0.1) is 29.1 Å². The average molecular weight is 763 g/mol. The molecule has 5 rings (SSSR count). The number of rotatable bonds is 15. The Morgan fingerprint density at radius 3 is 2.40 bits per heavy atom. The number of nitrogens with one attached hydrogen (secondary N) is 2. The van der Waals surface area contributed by atoms with Crippen molar-refractivity contribution in [1.29, 1.82) is 0 Å². The number of nitrogens with zero attached hydrogens (tertiary/aromatic N) is 6. The summed E-state index contributed by atoms with van der Waals surface area (Å²) in [5.74, 6) is -2.03. The lowest BCUT2D eigenvalue weighted by Gasteiger charge is -2.35. The van der Waals surface area contributed by atoms with Crippen molar-refractivity contribution in [3.8, 4) is 0 Å². The number of carboxylic acid groups (broad SMARTS) is 1. The zero-order chi connectivity index (χ0) is 39.8. The van der Waals surface area contributed by atoms with Crippen molar-refractivity contribution < 1.29 is 33.4 Å². The summed E-state index contributed by atoms with van der Waals surface area (Å²) in [6.07, 6.45) is 3.89. The molecular weight excluding hydrogens is 715 g/mol. The van der Waals surface area contributed by atoms with Crippen molar-refractivity contribution in [2.75, 3.05) is 42.9 Å². The molecule has 0 radical (unpaired) electrons. The quantitative estimate of drug-likeness (QED) is 0.110. The van der Waals surface area contributed by atoms with Crippen LogP contribution in [-0.2, 0) is 22.7 Å². The highest BCUT2D eigenvalue weighted by atomic mass is 19.1. The minimum atomic E-state index is -1.38. The molecule has 0 spiro atoms. The number of benzene rings is 2. The van der Waals surface area contributed by atoms with E-state index in [1.165, 1.54) is 15.8 Å². The Morgan fingerprint density at radius 1 is 1.05 bits per heavy atom. The summed E-state index contributed by atoms with van der Waals surface area (Å²) >= 11 is 0. The lowest BCUT2D eigenvalue weighted by Crippen LogP contribution is -2.49. The van der Waals surface area contributed by atoms with Crippen LogP contribution >= 0.6 is 0 Å². The first-order valence-electron chi connectivity index (χ1n) is 18.1. The maximum absolute atomic E-state index is 15.3. The number of carbonyl (C=O) groups excluding carboxylic acids is 3. The van der Waals surface area contributed by atoms with Gasteiger partial charge >= 0.3 is 18.1 Å². The lowest BCUT2D eigenvalue weighted by molar-refractivity contribution is -0.119. The SMILES string of the molecule is CCn1cc(C(=O)O)c(=O)c2cc(F)c(N3CCN(C(=O)OCc4ccc(NC(=O)C(CCCNC(N)=O)n5cc(C(N)CC(C)C)nn5)cc4)CC3)cc21. The van der Waals surface area contributed by atoms with Crippen LogP contribution in [0.3, 0.4) is 0 Å². The molecule has 17 nitrogen and oxygen atoms in total. The second kappa shape index (κ2) is 17.9. The first-order chi connectivity index (χ1) is 26.2. The van der Waals surface area contributed by atoms with Crippen LogP contribution in [0, 0.1) is 11.7 Å². The number of aromatic nitrogens is 4. The number of hydrogen-bond acceptors (Lipinski definition) is 10. The van der Waals surface area contributed by atoms with Crippen LogP contribution in [0.1, 0.15) is 73.7 Å². The van der Waals surface area contributed by atoms with E-state index >= 15 is 4.39 Å². The highest BCUT2D eigenvalue weighted by molar-refractivity contribution is 5.94. The second-order valence-electron chi connectivity index (χ2n) is 13.8. The number of fused-ring (bicyclic) bond motifs is 1. The Hall–Kier alpha value is -6.04. The molecule has 18 heteroatoms. The fourth-order valence-corrected chi connectivity index (χ4v) is 6.46. The van der Waals surface area contributed by atoms with E-state index in [0.717, 1.165) is 6.07 Å². The molecule has 0 bridgehead atoms. The number of aryl methyl sites for hydroxylation is 1. The third-order valence-corrected chi connectivity index (χ3v) is 9.39. The predicted molar refractivity (Wildman–Crippen MR) is 202 cm³/mol.